The van der Waals surface area contributed by atoms with Gasteiger partial charge >= 0.3 is 0 Å². The molecule has 7 heteroatoms. The van der Waals surface area contributed by atoms with Gasteiger partial charge < -0.3 is 15.5 Å². The Morgan fingerprint density at radius 1 is 1.07 bits per heavy atom. The molecule has 0 unspecified atom stereocenters. The van der Waals surface area contributed by atoms with E-state index in [1.165, 1.54) is 36.6 Å². The van der Waals surface area contributed by atoms with Crippen molar-refractivity contribution in [2.24, 2.45) is 5.92 Å². The van der Waals surface area contributed by atoms with Gasteiger partial charge in [0.15, 0.2) is 5.82 Å². The first kappa shape index (κ1) is 18.0. The largest absolute Gasteiger partial charge is 0.370 e. The molecule has 2 N–H and O–H groups in total. The summed E-state index contributed by atoms with van der Waals surface area (Å²) in [7, 11) is 0. The van der Waals surface area contributed by atoms with Crippen LogP contribution in [0.15, 0.2) is 30.7 Å². The first-order valence-electron chi connectivity index (χ1n) is 11.2. The highest BCUT2D eigenvalue weighted by Crippen LogP contribution is 2.44. The molecule has 6 rings (SSSR count). The van der Waals surface area contributed by atoms with Crippen LogP contribution in [0, 0.1) is 5.92 Å². The topological polar surface area (TPSA) is 78.9 Å². The number of nitrogens with zero attached hydrogens (tertiary/aromatic N) is 5. The minimum absolute atomic E-state index is 0.608. The van der Waals surface area contributed by atoms with Crippen LogP contribution in [0.2, 0.25) is 0 Å². The van der Waals surface area contributed by atoms with Gasteiger partial charge in [-0.1, -0.05) is 0 Å². The molecule has 4 heterocycles. The van der Waals surface area contributed by atoms with Crippen LogP contribution in [0.3, 0.4) is 0 Å². The molecule has 154 valence electrons. The van der Waals surface area contributed by atoms with Crippen LogP contribution in [0.1, 0.15) is 37.2 Å². The van der Waals surface area contributed by atoms with E-state index in [1.807, 2.05) is 24.7 Å². The fraction of sp³-hybridized carbons (Fsp3) is 0.478. The first-order chi connectivity index (χ1) is 14.8. The average Bonchev–Trinajstić information content (AvgIpc) is 3.71. The lowest BCUT2D eigenvalue weighted by Gasteiger charge is -2.30. The van der Waals surface area contributed by atoms with E-state index in [-0.39, 0.29) is 0 Å². The number of anilines is 2. The molecule has 30 heavy (non-hydrogen) atoms. The molecule has 2 aliphatic carbocycles. The third-order valence-electron chi connectivity index (χ3n) is 6.34. The Labute approximate surface area is 176 Å². The minimum atomic E-state index is 0.608. The van der Waals surface area contributed by atoms with Crippen LogP contribution in [0.25, 0.3) is 22.3 Å². The van der Waals surface area contributed by atoms with Gasteiger partial charge in [0.25, 0.3) is 0 Å². The molecule has 0 atom stereocenters. The van der Waals surface area contributed by atoms with Gasteiger partial charge in [-0.25, -0.2) is 15.0 Å². The van der Waals surface area contributed by atoms with Crippen LogP contribution in [-0.4, -0.2) is 52.7 Å². The maximum atomic E-state index is 5.12. The zero-order valence-corrected chi connectivity index (χ0v) is 17.1. The van der Waals surface area contributed by atoms with E-state index < -0.39 is 0 Å². The SMILES string of the molecule is c1cc(-c2nc(N3CCNCC3)c3c(C4CC4)cncc3n2)cc(NCC2CC2)n1. The van der Waals surface area contributed by atoms with Crippen molar-refractivity contribution in [3.8, 4) is 11.4 Å². The van der Waals surface area contributed by atoms with E-state index in [9.17, 15) is 0 Å². The fourth-order valence-corrected chi connectivity index (χ4v) is 4.26. The third kappa shape index (κ3) is 3.58. The maximum absolute atomic E-state index is 5.12. The molecular weight excluding hydrogens is 374 g/mol. The quantitative estimate of drug-likeness (QED) is 0.657. The van der Waals surface area contributed by atoms with Crippen molar-refractivity contribution in [3.63, 3.8) is 0 Å². The summed E-state index contributed by atoms with van der Waals surface area (Å²) in [6.07, 6.45) is 10.9. The standard InChI is InChI=1S/C23H27N7/c1-2-15(1)12-27-20-11-17(5-6-26-20)22-28-19-14-25-13-18(16-3-4-16)21(19)23(29-22)30-9-7-24-8-10-30/h5-6,11,13-16,24H,1-4,7-10,12H2,(H,26,27). The Kier molecular flexibility index (Phi) is 4.48. The van der Waals surface area contributed by atoms with Gasteiger partial charge in [-0.15, -0.1) is 0 Å². The first-order valence-corrected chi connectivity index (χ1v) is 11.2. The maximum Gasteiger partial charge on any atom is 0.162 e. The van der Waals surface area contributed by atoms with Gasteiger partial charge in [0.2, 0.25) is 0 Å². The Hall–Kier alpha value is -2.80. The smallest absolute Gasteiger partial charge is 0.162 e. The number of piperazine rings is 1. The molecule has 1 aliphatic heterocycles. The molecule has 0 amide bonds. The van der Waals surface area contributed by atoms with Gasteiger partial charge in [-0.05, 0) is 55.2 Å². The Balaban J connectivity index is 1.44. The van der Waals surface area contributed by atoms with Gasteiger partial charge in [0.05, 0.1) is 11.7 Å². The molecule has 3 aliphatic rings. The second-order valence-electron chi connectivity index (χ2n) is 8.76. The molecular formula is C23H27N7. The summed E-state index contributed by atoms with van der Waals surface area (Å²) in [5.41, 5.74) is 3.26. The molecule has 0 radical (unpaired) electrons. The molecule has 2 saturated carbocycles. The molecule has 0 bridgehead atoms. The number of hydrogen-bond donors (Lipinski definition) is 2. The number of nitrogens with one attached hydrogen (secondary N) is 2. The number of pyridine rings is 2. The van der Waals surface area contributed by atoms with E-state index in [2.05, 4.69) is 31.6 Å². The van der Waals surface area contributed by atoms with Crippen LogP contribution < -0.4 is 15.5 Å². The molecule has 7 nitrogen and oxygen atoms in total. The van der Waals surface area contributed by atoms with E-state index in [1.54, 1.807) is 0 Å². The summed E-state index contributed by atoms with van der Waals surface area (Å²) < 4.78 is 0. The van der Waals surface area contributed by atoms with Crippen molar-refractivity contribution in [3.05, 3.63) is 36.3 Å². The lowest BCUT2D eigenvalue weighted by molar-refractivity contribution is 0.586. The summed E-state index contributed by atoms with van der Waals surface area (Å²) in [6, 6.07) is 4.08. The summed E-state index contributed by atoms with van der Waals surface area (Å²) in [4.78, 5) is 21.5. The third-order valence-corrected chi connectivity index (χ3v) is 6.34. The lowest BCUT2D eigenvalue weighted by atomic mass is 10.1. The highest BCUT2D eigenvalue weighted by Gasteiger charge is 2.29. The number of aromatic nitrogens is 4. The Bertz CT molecular complexity index is 1070. The van der Waals surface area contributed by atoms with Crippen molar-refractivity contribution in [2.75, 3.05) is 42.9 Å². The van der Waals surface area contributed by atoms with Crippen molar-refractivity contribution < 1.29 is 0 Å². The summed E-state index contributed by atoms with van der Waals surface area (Å²) in [5.74, 6) is 4.12. The zero-order chi connectivity index (χ0) is 19.9. The number of rotatable bonds is 6. The Morgan fingerprint density at radius 3 is 2.73 bits per heavy atom. The normalized spacial score (nSPS) is 19.3. The summed E-state index contributed by atoms with van der Waals surface area (Å²) >= 11 is 0. The molecule has 3 aromatic rings. The summed E-state index contributed by atoms with van der Waals surface area (Å²) in [6.45, 7) is 4.88. The summed E-state index contributed by atoms with van der Waals surface area (Å²) in [5, 5.41) is 8.11. The van der Waals surface area contributed by atoms with E-state index >= 15 is 0 Å². The fourth-order valence-electron chi connectivity index (χ4n) is 4.26. The molecule has 0 spiro atoms. The molecule has 0 aromatic carbocycles. The molecule has 3 fully saturated rings. The zero-order valence-electron chi connectivity index (χ0n) is 17.1. The van der Waals surface area contributed by atoms with Crippen LogP contribution >= 0.6 is 0 Å². The van der Waals surface area contributed by atoms with Crippen LogP contribution in [-0.2, 0) is 0 Å². The van der Waals surface area contributed by atoms with Crippen molar-refractivity contribution in [2.45, 2.75) is 31.6 Å². The number of hydrogen-bond acceptors (Lipinski definition) is 7. The van der Waals surface area contributed by atoms with Crippen LogP contribution in [0.5, 0.6) is 0 Å². The van der Waals surface area contributed by atoms with Gasteiger partial charge in [-0.3, -0.25) is 4.98 Å². The van der Waals surface area contributed by atoms with Gasteiger partial charge in [0, 0.05) is 56.1 Å². The highest BCUT2D eigenvalue weighted by atomic mass is 15.2. The second kappa shape index (κ2) is 7.47. The van der Waals surface area contributed by atoms with E-state index in [0.29, 0.717) is 5.92 Å². The van der Waals surface area contributed by atoms with Crippen molar-refractivity contribution in [1.29, 1.82) is 0 Å². The molecule has 1 saturated heterocycles. The van der Waals surface area contributed by atoms with Crippen molar-refractivity contribution >= 4 is 22.5 Å². The van der Waals surface area contributed by atoms with Crippen LogP contribution in [0.4, 0.5) is 11.6 Å². The molecule has 3 aromatic heterocycles. The number of fused-ring (bicyclic) bond motifs is 1. The van der Waals surface area contributed by atoms with E-state index in [0.717, 1.165) is 67.2 Å². The predicted molar refractivity (Wildman–Crippen MR) is 119 cm³/mol. The van der Waals surface area contributed by atoms with E-state index in [4.69, 9.17) is 9.97 Å². The van der Waals surface area contributed by atoms with Gasteiger partial charge in [-0.2, -0.15) is 0 Å². The predicted octanol–water partition coefficient (Wildman–Crippen LogP) is 3.20. The Morgan fingerprint density at radius 2 is 1.93 bits per heavy atom. The van der Waals surface area contributed by atoms with Crippen molar-refractivity contribution in [1.82, 2.24) is 25.3 Å². The lowest BCUT2D eigenvalue weighted by Crippen LogP contribution is -2.44. The average molecular weight is 402 g/mol. The highest BCUT2D eigenvalue weighted by molar-refractivity contribution is 5.94. The monoisotopic (exact) mass is 401 g/mol. The van der Waals surface area contributed by atoms with Gasteiger partial charge in [0.1, 0.15) is 11.6 Å². The minimum Gasteiger partial charge on any atom is -0.370 e. The second-order valence-corrected chi connectivity index (χ2v) is 8.76.